The predicted molar refractivity (Wildman–Crippen MR) is 86.4 cm³/mol. The zero-order valence-electron chi connectivity index (χ0n) is 12.4. The van der Waals surface area contributed by atoms with Gasteiger partial charge in [0.05, 0.1) is 5.41 Å². The summed E-state index contributed by atoms with van der Waals surface area (Å²) in [6.07, 6.45) is 2.53. The van der Waals surface area contributed by atoms with Crippen LogP contribution in [0, 0.1) is 12.3 Å². The number of carbonyl (C=O) groups is 2. The summed E-state index contributed by atoms with van der Waals surface area (Å²) in [5, 5.41) is 3.89. The van der Waals surface area contributed by atoms with Gasteiger partial charge in [-0.05, 0) is 43.9 Å². The number of nitrogens with one attached hydrogen (secondary N) is 1. The molecule has 0 radical (unpaired) electrons. The second-order valence-corrected chi connectivity index (χ2v) is 7.00. The lowest BCUT2D eigenvalue weighted by atomic mass is 9.79. The molecule has 2 aliphatic rings. The molecular weight excluding hydrogens is 323 g/mol. The van der Waals surface area contributed by atoms with E-state index in [9.17, 15) is 9.59 Å². The van der Waals surface area contributed by atoms with Crippen LogP contribution in [0.4, 0.5) is 0 Å². The van der Waals surface area contributed by atoms with Crippen molar-refractivity contribution >= 4 is 35.0 Å². The van der Waals surface area contributed by atoms with E-state index in [-0.39, 0.29) is 11.8 Å². The Bertz CT molecular complexity index is 624. The number of nitrogens with zero attached hydrogens (tertiary/aromatic N) is 1. The number of rotatable bonds is 1. The van der Waals surface area contributed by atoms with Gasteiger partial charge in [0.25, 0.3) is 5.91 Å². The smallest absolute Gasteiger partial charge is 0.253 e. The van der Waals surface area contributed by atoms with Crippen molar-refractivity contribution in [3.05, 3.63) is 33.3 Å². The van der Waals surface area contributed by atoms with Crippen LogP contribution in [0.5, 0.6) is 0 Å². The predicted octanol–water partition coefficient (Wildman–Crippen LogP) is 3.04. The molecule has 0 aliphatic carbocycles. The average Bonchev–Trinajstić information content (AvgIpc) is 2.92. The molecule has 2 fully saturated rings. The van der Waals surface area contributed by atoms with Crippen molar-refractivity contribution in [2.75, 3.05) is 19.6 Å². The number of hydrogen-bond acceptors (Lipinski definition) is 2. The lowest BCUT2D eigenvalue weighted by molar-refractivity contribution is -0.132. The Morgan fingerprint density at radius 3 is 2.59 bits per heavy atom. The fraction of sp³-hybridized carbons (Fsp3) is 0.500. The number of likely N-dealkylation sites (tertiary alicyclic amines) is 1. The number of halogens is 2. The van der Waals surface area contributed by atoms with Crippen molar-refractivity contribution in [2.45, 2.75) is 26.2 Å². The van der Waals surface area contributed by atoms with Crippen LogP contribution in [0.2, 0.25) is 10.0 Å². The Morgan fingerprint density at radius 2 is 1.95 bits per heavy atom. The molecule has 1 atom stereocenters. The number of benzene rings is 1. The summed E-state index contributed by atoms with van der Waals surface area (Å²) in [6.45, 7) is 3.62. The normalized spacial score (nSPS) is 24.7. The summed E-state index contributed by atoms with van der Waals surface area (Å²) >= 11 is 12.2. The number of piperidine rings is 1. The molecule has 6 heteroatoms. The van der Waals surface area contributed by atoms with Gasteiger partial charge in [-0.25, -0.2) is 0 Å². The molecule has 1 aromatic rings. The first-order valence-corrected chi connectivity index (χ1v) is 8.22. The van der Waals surface area contributed by atoms with Crippen molar-refractivity contribution in [3.63, 3.8) is 0 Å². The second-order valence-electron chi connectivity index (χ2n) is 6.18. The second kappa shape index (κ2) is 5.74. The molecule has 0 bridgehead atoms. The van der Waals surface area contributed by atoms with Crippen LogP contribution >= 0.6 is 23.2 Å². The molecule has 1 N–H and O–H groups in total. The van der Waals surface area contributed by atoms with Gasteiger partial charge in [-0.3, -0.25) is 9.59 Å². The third-order valence-corrected chi connectivity index (χ3v) is 5.55. The van der Waals surface area contributed by atoms with Gasteiger partial charge in [-0.15, -0.1) is 0 Å². The minimum Gasteiger partial charge on any atom is -0.356 e. The topological polar surface area (TPSA) is 49.4 Å². The Morgan fingerprint density at radius 1 is 1.27 bits per heavy atom. The van der Waals surface area contributed by atoms with Crippen LogP contribution in [0.3, 0.4) is 0 Å². The molecule has 118 valence electrons. The molecule has 2 heterocycles. The third kappa shape index (κ3) is 2.59. The SMILES string of the molecule is Cc1c(Cl)cc(C(=O)N2CC[C@@]3(CCCNC3=O)C2)cc1Cl. The highest BCUT2D eigenvalue weighted by atomic mass is 35.5. The Labute approximate surface area is 139 Å². The van der Waals surface area contributed by atoms with E-state index in [1.807, 2.05) is 6.92 Å². The molecule has 0 unspecified atom stereocenters. The third-order valence-electron chi connectivity index (χ3n) is 4.77. The molecule has 1 spiro atoms. The zero-order valence-corrected chi connectivity index (χ0v) is 13.9. The van der Waals surface area contributed by atoms with E-state index in [0.717, 1.165) is 31.4 Å². The van der Waals surface area contributed by atoms with E-state index in [0.29, 0.717) is 28.7 Å². The monoisotopic (exact) mass is 340 g/mol. The van der Waals surface area contributed by atoms with Crippen LogP contribution in [0.1, 0.15) is 35.2 Å². The van der Waals surface area contributed by atoms with E-state index in [1.54, 1.807) is 17.0 Å². The van der Waals surface area contributed by atoms with E-state index in [4.69, 9.17) is 23.2 Å². The van der Waals surface area contributed by atoms with Crippen molar-refractivity contribution in [2.24, 2.45) is 5.41 Å². The Balaban J connectivity index is 1.81. The maximum Gasteiger partial charge on any atom is 0.253 e. The van der Waals surface area contributed by atoms with E-state index in [2.05, 4.69) is 5.32 Å². The molecule has 2 aliphatic heterocycles. The summed E-state index contributed by atoms with van der Waals surface area (Å²) in [4.78, 5) is 26.6. The lowest BCUT2D eigenvalue weighted by Gasteiger charge is -2.32. The van der Waals surface area contributed by atoms with Crippen LogP contribution in [0.15, 0.2) is 12.1 Å². The summed E-state index contributed by atoms with van der Waals surface area (Å²) in [6, 6.07) is 3.30. The van der Waals surface area contributed by atoms with Gasteiger partial charge in [-0.2, -0.15) is 0 Å². The van der Waals surface area contributed by atoms with Crippen molar-refractivity contribution in [1.82, 2.24) is 10.2 Å². The van der Waals surface area contributed by atoms with Gasteiger partial charge < -0.3 is 10.2 Å². The van der Waals surface area contributed by atoms with Crippen molar-refractivity contribution in [1.29, 1.82) is 0 Å². The molecule has 3 rings (SSSR count). The highest BCUT2D eigenvalue weighted by Gasteiger charge is 2.46. The molecule has 0 aromatic heterocycles. The largest absolute Gasteiger partial charge is 0.356 e. The standard InChI is InChI=1S/C16H18Cl2N2O2/c1-10-12(17)7-11(8-13(10)18)14(21)20-6-4-16(9-20)3-2-5-19-15(16)22/h7-8H,2-6,9H2,1H3,(H,19,22)/t16-/m0/s1. The first-order valence-electron chi connectivity index (χ1n) is 7.46. The Hall–Kier alpha value is -1.26. The highest BCUT2D eigenvalue weighted by molar-refractivity contribution is 6.36. The van der Waals surface area contributed by atoms with Crippen LogP contribution in [0.25, 0.3) is 0 Å². The summed E-state index contributed by atoms with van der Waals surface area (Å²) in [5.74, 6) is -0.0342. The summed E-state index contributed by atoms with van der Waals surface area (Å²) in [7, 11) is 0. The molecule has 1 aromatic carbocycles. The molecule has 0 saturated carbocycles. The number of carbonyl (C=O) groups excluding carboxylic acids is 2. The maximum atomic E-state index is 12.7. The Kier molecular flexibility index (Phi) is 4.08. The van der Waals surface area contributed by atoms with Gasteiger partial charge in [0, 0.05) is 35.2 Å². The minimum absolute atomic E-state index is 0.0778. The molecular formula is C16H18Cl2N2O2. The minimum atomic E-state index is -0.411. The van der Waals surface area contributed by atoms with Gasteiger partial charge in [0.2, 0.25) is 5.91 Å². The van der Waals surface area contributed by atoms with Gasteiger partial charge in [0.1, 0.15) is 0 Å². The zero-order chi connectivity index (χ0) is 15.9. The van der Waals surface area contributed by atoms with Crippen molar-refractivity contribution < 1.29 is 9.59 Å². The maximum absolute atomic E-state index is 12.7. The average molecular weight is 341 g/mol. The molecule has 2 amide bonds. The first-order chi connectivity index (χ1) is 10.4. The fourth-order valence-corrected chi connectivity index (χ4v) is 3.80. The van der Waals surface area contributed by atoms with Crippen molar-refractivity contribution in [3.8, 4) is 0 Å². The molecule has 4 nitrogen and oxygen atoms in total. The van der Waals surface area contributed by atoms with E-state index in [1.165, 1.54) is 0 Å². The number of hydrogen-bond donors (Lipinski definition) is 1. The highest BCUT2D eigenvalue weighted by Crippen LogP contribution is 2.38. The quantitative estimate of drug-likeness (QED) is 0.854. The molecule has 22 heavy (non-hydrogen) atoms. The van der Waals surface area contributed by atoms with Crippen LogP contribution in [-0.2, 0) is 4.79 Å². The van der Waals surface area contributed by atoms with Gasteiger partial charge in [0.15, 0.2) is 0 Å². The first kappa shape index (κ1) is 15.6. The van der Waals surface area contributed by atoms with Crippen LogP contribution < -0.4 is 5.32 Å². The summed E-state index contributed by atoms with van der Waals surface area (Å²) in [5.41, 5.74) is 0.838. The van der Waals surface area contributed by atoms with Gasteiger partial charge >= 0.3 is 0 Å². The summed E-state index contributed by atoms with van der Waals surface area (Å²) < 4.78 is 0. The van der Waals surface area contributed by atoms with E-state index < -0.39 is 5.41 Å². The fourth-order valence-electron chi connectivity index (χ4n) is 3.32. The number of amides is 2. The molecule has 2 saturated heterocycles. The van der Waals surface area contributed by atoms with Gasteiger partial charge in [-0.1, -0.05) is 23.2 Å². The van der Waals surface area contributed by atoms with E-state index >= 15 is 0 Å². The lowest BCUT2D eigenvalue weighted by Crippen LogP contribution is -2.47. The van der Waals surface area contributed by atoms with Crippen LogP contribution in [-0.4, -0.2) is 36.3 Å².